The van der Waals surface area contributed by atoms with Crippen LogP contribution < -0.4 is 10.3 Å². The first-order valence-corrected chi connectivity index (χ1v) is 14.5. The van der Waals surface area contributed by atoms with E-state index in [9.17, 15) is 19.7 Å². The molecule has 0 saturated carbocycles. The maximum Gasteiger partial charge on any atom is 0.525 e. The van der Waals surface area contributed by atoms with Crippen molar-refractivity contribution in [2.75, 3.05) is 12.3 Å². The van der Waals surface area contributed by atoms with Crippen LogP contribution in [0.3, 0.4) is 0 Å². The first-order chi connectivity index (χ1) is 19.3. The number of aliphatic hydroxyl groups is 1. The van der Waals surface area contributed by atoms with Gasteiger partial charge in [0.05, 0.1) is 24.5 Å². The monoisotopic (exact) mass is 603 g/mol. The number of para-hydroxylation sites is 1. The summed E-state index contributed by atoms with van der Waals surface area (Å²) in [6.07, 6.45) is -1.91. The SMILES string of the molecule is CC(C)OC(=O)[C@H](C)N=NP(=O)(OC[C@H]1O[C@@](C)(c2ccc3c(N)ncnn23)[C@@](S)(C#N)[C@@H]1O)Oc1ccccc1. The number of aliphatic hydroxyl groups excluding tert-OH is 1. The van der Waals surface area contributed by atoms with Crippen molar-refractivity contribution in [3.05, 3.63) is 54.5 Å². The maximum atomic E-state index is 13.7. The molecule has 1 aromatic carbocycles. The molecule has 3 aromatic rings. The number of nitrogens with zero attached hydrogens (tertiary/aromatic N) is 6. The Kier molecular flexibility index (Phi) is 8.72. The van der Waals surface area contributed by atoms with E-state index in [4.69, 9.17) is 24.3 Å². The Balaban J connectivity index is 1.62. The minimum Gasteiger partial charge on any atom is -0.461 e. The van der Waals surface area contributed by atoms with Crippen LogP contribution in [0, 0.1) is 11.3 Å². The number of carbonyl (C=O) groups is 1. The molecule has 0 radical (unpaired) electrons. The van der Waals surface area contributed by atoms with E-state index in [-0.39, 0.29) is 17.7 Å². The highest BCUT2D eigenvalue weighted by atomic mass is 32.1. The Morgan fingerprint density at radius 1 is 1.32 bits per heavy atom. The molecule has 3 heterocycles. The van der Waals surface area contributed by atoms with Crippen molar-refractivity contribution in [2.45, 2.75) is 62.4 Å². The number of aromatic nitrogens is 3. The van der Waals surface area contributed by atoms with E-state index < -0.39 is 48.9 Å². The number of thiol groups is 1. The van der Waals surface area contributed by atoms with E-state index in [0.29, 0.717) is 11.2 Å². The van der Waals surface area contributed by atoms with Crippen LogP contribution in [0.15, 0.2) is 58.8 Å². The molecule has 1 unspecified atom stereocenters. The van der Waals surface area contributed by atoms with Gasteiger partial charge in [-0.1, -0.05) is 23.1 Å². The zero-order valence-corrected chi connectivity index (χ0v) is 24.5. The summed E-state index contributed by atoms with van der Waals surface area (Å²) >= 11 is 4.54. The molecule has 0 spiro atoms. The average Bonchev–Trinajstić information content (AvgIpc) is 3.46. The smallest absolute Gasteiger partial charge is 0.461 e. The number of nitrogen functional groups attached to an aromatic ring is 1. The quantitative estimate of drug-likeness (QED) is 0.133. The summed E-state index contributed by atoms with van der Waals surface area (Å²) in [7, 11) is -4.44. The highest BCUT2D eigenvalue weighted by Crippen LogP contribution is 2.54. The van der Waals surface area contributed by atoms with Gasteiger partial charge < -0.3 is 24.8 Å². The van der Waals surface area contributed by atoms with E-state index in [1.807, 2.05) is 6.07 Å². The van der Waals surface area contributed by atoms with Gasteiger partial charge in [-0.05, 0) is 52.0 Å². The molecular formula is C25H30N7O7PS. The molecule has 218 valence electrons. The summed E-state index contributed by atoms with van der Waals surface area (Å²) in [6, 6.07) is 12.3. The first kappa shape index (κ1) is 30.4. The molecule has 4 rings (SSSR count). The van der Waals surface area contributed by atoms with E-state index in [1.165, 1.54) is 29.9 Å². The molecule has 2 aromatic heterocycles. The summed E-state index contributed by atoms with van der Waals surface area (Å²) in [4.78, 5) is 19.9. The summed E-state index contributed by atoms with van der Waals surface area (Å²) in [6.45, 7) is 5.78. The van der Waals surface area contributed by atoms with Gasteiger partial charge in [0.1, 0.15) is 35.4 Å². The van der Waals surface area contributed by atoms with Crippen molar-refractivity contribution in [2.24, 2.45) is 10.00 Å². The van der Waals surface area contributed by atoms with E-state index in [2.05, 4.69) is 32.7 Å². The van der Waals surface area contributed by atoms with Gasteiger partial charge in [-0.25, -0.2) is 18.9 Å². The molecule has 14 nitrogen and oxygen atoms in total. The molecule has 1 aliphatic rings. The predicted octanol–water partition coefficient (Wildman–Crippen LogP) is 3.47. The van der Waals surface area contributed by atoms with Crippen molar-refractivity contribution in [1.29, 1.82) is 5.26 Å². The zero-order chi connectivity index (χ0) is 30.0. The summed E-state index contributed by atoms with van der Waals surface area (Å²) < 4.78 is 35.8. The van der Waals surface area contributed by atoms with Crippen LogP contribution in [-0.2, 0) is 29.0 Å². The van der Waals surface area contributed by atoms with Gasteiger partial charge in [-0.15, -0.1) is 0 Å². The topological polar surface area (TPSA) is 196 Å². The van der Waals surface area contributed by atoms with Crippen LogP contribution in [0.4, 0.5) is 5.82 Å². The predicted molar refractivity (Wildman–Crippen MR) is 149 cm³/mol. The van der Waals surface area contributed by atoms with Crippen LogP contribution in [0.5, 0.6) is 5.75 Å². The standard InChI is InChI=1S/C25H30N7O7PS/c1-15(2)37-23(34)16(3)30-31-40(35,39-17-8-6-5-7-9-17)36-12-19-21(33)25(41,13-26)24(4,38-19)20-11-10-18-22(27)28-14-29-32(18)20/h5-11,14-16,19,21,33,41H,12H2,1-4H3,(H2,27,28,29)/t16-,19+,21+,24-,25+,40?/m0/s1. The molecule has 1 fully saturated rings. The van der Waals surface area contributed by atoms with Crippen molar-refractivity contribution >= 4 is 37.7 Å². The third-order valence-electron chi connectivity index (χ3n) is 6.43. The lowest BCUT2D eigenvalue weighted by molar-refractivity contribution is -0.148. The highest BCUT2D eigenvalue weighted by molar-refractivity contribution is 7.82. The van der Waals surface area contributed by atoms with Crippen LogP contribution in [0.2, 0.25) is 0 Å². The molecule has 16 heteroatoms. The average molecular weight is 604 g/mol. The van der Waals surface area contributed by atoms with Crippen molar-refractivity contribution < 1.29 is 33.0 Å². The number of ether oxygens (including phenoxy) is 2. The Hall–Kier alpha value is -3.54. The number of anilines is 1. The van der Waals surface area contributed by atoms with E-state index in [1.54, 1.807) is 51.1 Å². The molecule has 3 N–H and O–H groups in total. The Bertz CT molecular complexity index is 1530. The number of esters is 1. The minimum atomic E-state index is -4.44. The van der Waals surface area contributed by atoms with Crippen molar-refractivity contribution in [1.82, 2.24) is 14.6 Å². The fraction of sp³-hybridized carbons (Fsp3) is 0.440. The molecule has 0 amide bonds. The molecule has 1 aliphatic heterocycles. The first-order valence-electron chi connectivity index (χ1n) is 12.5. The van der Waals surface area contributed by atoms with E-state index >= 15 is 0 Å². The number of nitriles is 1. The zero-order valence-electron chi connectivity index (χ0n) is 22.7. The number of rotatable bonds is 10. The third-order valence-corrected chi connectivity index (χ3v) is 8.46. The van der Waals surface area contributed by atoms with Gasteiger partial charge in [0.25, 0.3) is 0 Å². The van der Waals surface area contributed by atoms with Gasteiger partial charge in [0, 0.05) is 0 Å². The van der Waals surface area contributed by atoms with Gasteiger partial charge in [0.15, 0.2) is 16.6 Å². The summed E-state index contributed by atoms with van der Waals surface area (Å²) in [5.41, 5.74) is 5.23. The van der Waals surface area contributed by atoms with Crippen LogP contribution in [-0.4, -0.2) is 61.4 Å². The Labute approximate surface area is 241 Å². The van der Waals surface area contributed by atoms with Crippen LogP contribution in [0.25, 0.3) is 5.52 Å². The maximum absolute atomic E-state index is 13.7. The molecule has 6 atom stereocenters. The second-order valence-electron chi connectivity index (χ2n) is 9.71. The number of fused-ring (bicyclic) bond motifs is 1. The second-order valence-corrected chi connectivity index (χ2v) is 12.0. The van der Waals surface area contributed by atoms with E-state index in [0.717, 1.165) is 0 Å². The van der Waals surface area contributed by atoms with Gasteiger partial charge in [-0.2, -0.15) is 28.1 Å². The lowest BCUT2D eigenvalue weighted by Gasteiger charge is -2.33. The third kappa shape index (κ3) is 5.93. The number of benzene rings is 1. The number of carbonyl (C=O) groups excluding carboxylic acids is 1. The Morgan fingerprint density at radius 3 is 2.68 bits per heavy atom. The minimum absolute atomic E-state index is 0.155. The number of hydrogen-bond donors (Lipinski definition) is 3. The molecule has 0 aliphatic carbocycles. The second kappa shape index (κ2) is 11.8. The molecule has 0 bridgehead atoms. The van der Waals surface area contributed by atoms with Gasteiger partial charge in [-0.3, -0.25) is 4.52 Å². The Morgan fingerprint density at radius 2 is 2.02 bits per heavy atom. The molecule has 41 heavy (non-hydrogen) atoms. The summed E-state index contributed by atoms with van der Waals surface area (Å²) in [5, 5.41) is 29.4. The van der Waals surface area contributed by atoms with Crippen molar-refractivity contribution in [3.8, 4) is 11.8 Å². The lowest BCUT2D eigenvalue weighted by atomic mass is 9.84. The lowest BCUT2D eigenvalue weighted by Crippen LogP contribution is -2.48. The fourth-order valence-electron chi connectivity index (χ4n) is 4.25. The molecular weight excluding hydrogens is 573 g/mol. The number of hydrogen-bond acceptors (Lipinski definition) is 13. The normalized spacial score (nSPS) is 26.6. The van der Waals surface area contributed by atoms with Gasteiger partial charge in [0.2, 0.25) is 0 Å². The largest absolute Gasteiger partial charge is 0.525 e. The van der Waals surface area contributed by atoms with Crippen LogP contribution in [0.1, 0.15) is 33.4 Å². The highest BCUT2D eigenvalue weighted by Gasteiger charge is 2.64. The van der Waals surface area contributed by atoms with Crippen molar-refractivity contribution in [3.63, 3.8) is 0 Å². The fourth-order valence-corrected chi connectivity index (χ4v) is 5.73. The van der Waals surface area contributed by atoms with Crippen LogP contribution >= 0.6 is 20.4 Å². The molecule has 1 saturated heterocycles. The number of nitrogens with two attached hydrogens (primary N) is 1. The van der Waals surface area contributed by atoms with Gasteiger partial charge >= 0.3 is 13.7 Å². The summed E-state index contributed by atoms with van der Waals surface area (Å²) in [5.74, 6) is -0.327.